The molecule has 0 saturated carbocycles. The van der Waals surface area contributed by atoms with Crippen molar-refractivity contribution in [3.8, 4) is 0 Å². The monoisotopic (exact) mass is 293 g/mol. The summed E-state index contributed by atoms with van der Waals surface area (Å²) in [7, 11) is 0. The standard InChI is InChI=1S/C15H19NO3S/c1-2-20-13-8-4-3-7-12(13)14(17)16-9-5-6-11(10-16)15(18)19/h3-4,7-8,11H,2,5-6,9-10H2,1H3,(H,18,19)/t11-/m1/s1. The Morgan fingerprint density at radius 2 is 2.15 bits per heavy atom. The molecule has 1 aromatic carbocycles. The van der Waals surface area contributed by atoms with Crippen LogP contribution in [0.25, 0.3) is 0 Å². The van der Waals surface area contributed by atoms with E-state index >= 15 is 0 Å². The maximum absolute atomic E-state index is 12.6. The number of hydrogen-bond acceptors (Lipinski definition) is 3. The molecule has 2 rings (SSSR count). The highest BCUT2D eigenvalue weighted by molar-refractivity contribution is 7.99. The molecule has 108 valence electrons. The van der Waals surface area contributed by atoms with Gasteiger partial charge in [-0.3, -0.25) is 9.59 Å². The summed E-state index contributed by atoms with van der Waals surface area (Å²) in [5.41, 5.74) is 0.686. The highest BCUT2D eigenvalue weighted by Crippen LogP contribution is 2.25. The van der Waals surface area contributed by atoms with Crippen molar-refractivity contribution in [3.05, 3.63) is 29.8 Å². The van der Waals surface area contributed by atoms with Crippen molar-refractivity contribution >= 4 is 23.6 Å². The molecule has 1 aliphatic heterocycles. The van der Waals surface area contributed by atoms with Crippen molar-refractivity contribution in [2.75, 3.05) is 18.8 Å². The Bertz CT molecular complexity index is 504. The van der Waals surface area contributed by atoms with Crippen molar-refractivity contribution < 1.29 is 14.7 Å². The van der Waals surface area contributed by atoms with Crippen LogP contribution in [0.1, 0.15) is 30.1 Å². The summed E-state index contributed by atoms with van der Waals surface area (Å²) in [5.74, 6) is -0.382. The van der Waals surface area contributed by atoms with Crippen LogP contribution >= 0.6 is 11.8 Å². The Labute approximate surface area is 123 Å². The lowest BCUT2D eigenvalue weighted by atomic mass is 9.97. The second-order valence-electron chi connectivity index (χ2n) is 4.86. The average Bonchev–Trinajstić information content (AvgIpc) is 2.47. The number of carbonyl (C=O) groups is 2. The Balaban J connectivity index is 2.16. The molecule has 1 saturated heterocycles. The van der Waals surface area contributed by atoms with Gasteiger partial charge in [-0.1, -0.05) is 19.1 Å². The van der Waals surface area contributed by atoms with Crippen LogP contribution < -0.4 is 0 Å². The Hall–Kier alpha value is -1.49. The fourth-order valence-corrected chi connectivity index (χ4v) is 3.25. The van der Waals surface area contributed by atoms with E-state index in [9.17, 15) is 9.59 Å². The second-order valence-corrected chi connectivity index (χ2v) is 6.16. The molecular formula is C15H19NO3S. The molecule has 1 amide bonds. The van der Waals surface area contributed by atoms with Gasteiger partial charge >= 0.3 is 5.97 Å². The number of carbonyl (C=O) groups excluding carboxylic acids is 1. The summed E-state index contributed by atoms with van der Waals surface area (Å²) in [4.78, 5) is 26.3. The number of thioether (sulfide) groups is 1. The van der Waals surface area contributed by atoms with Crippen LogP contribution in [0.2, 0.25) is 0 Å². The smallest absolute Gasteiger partial charge is 0.308 e. The largest absolute Gasteiger partial charge is 0.481 e. The van der Waals surface area contributed by atoms with Crippen molar-refractivity contribution in [2.24, 2.45) is 5.92 Å². The third kappa shape index (κ3) is 3.33. The van der Waals surface area contributed by atoms with E-state index in [1.165, 1.54) is 0 Å². The van der Waals surface area contributed by atoms with Gasteiger partial charge in [0.1, 0.15) is 0 Å². The van der Waals surface area contributed by atoms with Gasteiger partial charge in [0.05, 0.1) is 11.5 Å². The summed E-state index contributed by atoms with van der Waals surface area (Å²) in [6.07, 6.45) is 1.41. The number of aliphatic carboxylic acids is 1. The normalized spacial score (nSPS) is 18.9. The van der Waals surface area contributed by atoms with E-state index in [0.717, 1.165) is 17.1 Å². The molecule has 20 heavy (non-hydrogen) atoms. The third-order valence-electron chi connectivity index (χ3n) is 3.48. The van der Waals surface area contributed by atoms with Gasteiger partial charge in [-0.2, -0.15) is 0 Å². The fraction of sp³-hybridized carbons (Fsp3) is 0.467. The second kappa shape index (κ2) is 6.79. The molecule has 0 radical (unpaired) electrons. The van der Waals surface area contributed by atoms with Crippen LogP contribution in [0.5, 0.6) is 0 Å². The molecule has 1 N–H and O–H groups in total. The van der Waals surface area contributed by atoms with E-state index < -0.39 is 11.9 Å². The molecule has 1 fully saturated rings. The van der Waals surface area contributed by atoms with Crippen molar-refractivity contribution in [1.29, 1.82) is 0 Å². The fourth-order valence-electron chi connectivity index (χ4n) is 2.46. The Kier molecular flexibility index (Phi) is 5.06. The number of amides is 1. The molecule has 0 spiro atoms. The van der Waals surface area contributed by atoms with Gasteiger partial charge < -0.3 is 10.0 Å². The average molecular weight is 293 g/mol. The van der Waals surface area contributed by atoms with Gasteiger partial charge in [-0.25, -0.2) is 0 Å². The van der Waals surface area contributed by atoms with Crippen LogP contribution in [0.15, 0.2) is 29.2 Å². The maximum atomic E-state index is 12.6. The van der Waals surface area contributed by atoms with Crippen LogP contribution in [-0.2, 0) is 4.79 Å². The van der Waals surface area contributed by atoms with Gasteiger partial charge in [0, 0.05) is 18.0 Å². The van der Waals surface area contributed by atoms with Gasteiger partial charge in [0.2, 0.25) is 0 Å². The van der Waals surface area contributed by atoms with E-state index in [1.54, 1.807) is 16.7 Å². The van der Waals surface area contributed by atoms with Crippen LogP contribution in [-0.4, -0.2) is 40.7 Å². The number of carboxylic acid groups (broad SMARTS) is 1. The van der Waals surface area contributed by atoms with Gasteiger partial charge in [-0.15, -0.1) is 11.8 Å². The first kappa shape index (κ1) is 14.9. The molecular weight excluding hydrogens is 274 g/mol. The SMILES string of the molecule is CCSc1ccccc1C(=O)N1CCC[C@@H](C(=O)O)C1. The molecule has 0 aliphatic carbocycles. The number of rotatable bonds is 4. The first-order chi connectivity index (χ1) is 9.63. The molecule has 1 aromatic rings. The number of benzene rings is 1. The first-order valence-corrected chi connectivity index (χ1v) is 7.86. The van der Waals surface area contributed by atoms with E-state index in [4.69, 9.17) is 5.11 Å². The van der Waals surface area contributed by atoms with Gasteiger partial charge in [0.15, 0.2) is 0 Å². The number of hydrogen-bond donors (Lipinski definition) is 1. The zero-order valence-electron chi connectivity index (χ0n) is 11.5. The van der Waals surface area contributed by atoms with Gasteiger partial charge in [0.25, 0.3) is 5.91 Å². The Morgan fingerprint density at radius 3 is 2.85 bits per heavy atom. The molecule has 0 bridgehead atoms. The zero-order chi connectivity index (χ0) is 14.5. The molecule has 1 aliphatic rings. The quantitative estimate of drug-likeness (QED) is 0.867. The van der Waals surface area contributed by atoms with E-state index in [-0.39, 0.29) is 5.91 Å². The number of nitrogens with zero attached hydrogens (tertiary/aromatic N) is 1. The van der Waals surface area contributed by atoms with E-state index in [1.807, 2.05) is 31.2 Å². The maximum Gasteiger partial charge on any atom is 0.308 e. The number of carboxylic acids is 1. The summed E-state index contributed by atoms with van der Waals surface area (Å²) in [6.45, 7) is 3.01. The lowest BCUT2D eigenvalue weighted by Crippen LogP contribution is -2.42. The van der Waals surface area contributed by atoms with E-state index in [2.05, 4.69) is 0 Å². The summed E-state index contributed by atoms with van der Waals surface area (Å²) >= 11 is 1.64. The van der Waals surface area contributed by atoms with Crippen molar-refractivity contribution in [2.45, 2.75) is 24.7 Å². The third-order valence-corrected chi connectivity index (χ3v) is 4.43. The molecule has 0 aromatic heterocycles. The van der Waals surface area contributed by atoms with Crippen LogP contribution in [0.4, 0.5) is 0 Å². The predicted octanol–water partition coefficient (Wildman–Crippen LogP) is 2.74. The highest BCUT2D eigenvalue weighted by Gasteiger charge is 2.29. The van der Waals surface area contributed by atoms with E-state index in [0.29, 0.717) is 25.1 Å². The first-order valence-electron chi connectivity index (χ1n) is 6.87. The minimum atomic E-state index is -0.807. The summed E-state index contributed by atoms with van der Waals surface area (Å²) in [5, 5.41) is 9.11. The molecule has 1 atom stereocenters. The van der Waals surface area contributed by atoms with Crippen molar-refractivity contribution in [3.63, 3.8) is 0 Å². The lowest BCUT2D eigenvalue weighted by molar-refractivity contribution is -0.143. The van der Waals surface area contributed by atoms with Crippen LogP contribution in [0, 0.1) is 5.92 Å². The molecule has 5 heteroatoms. The molecule has 0 unspecified atom stereocenters. The lowest BCUT2D eigenvalue weighted by Gasteiger charge is -2.31. The molecule has 1 heterocycles. The minimum Gasteiger partial charge on any atom is -0.481 e. The number of piperidine rings is 1. The highest BCUT2D eigenvalue weighted by atomic mass is 32.2. The minimum absolute atomic E-state index is 0.0486. The summed E-state index contributed by atoms with van der Waals surface area (Å²) < 4.78 is 0. The molecule has 4 nitrogen and oxygen atoms in total. The predicted molar refractivity (Wildman–Crippen MR) is 79.1 cm³/mol. The van der Waals surface area contributed by atoms with Gasteiger partial charge in [-0.05, 0) is 30.7 Å². The Morgan fingerprint density at radius 1 is 1.40 bits per heavy atom. The topological polar surface area (TPSA) is 57.6 Å². The van der Waals surface area contributed by atoms with Crippen LogP contribution in [0.3, 0.4) is 0 Å². The number of likely N-dealkylation sites (tertiary alicyclic amines) is 1. The zero-order valence-corrected chi connectivity index (χ0v) is 12.4. The van der Waals surface area contributed by atoms with Crippen molar-refractivity contribution in [1.82, 2.24) is 4.90 Å². The summed E-state index contributed by atoms with van der Waals surface area (Å²) in [6, 6.07) is 7.54.